The molecule has 3 nitrogen and oxygen atoms in total. The zero-order valence-electron chi connectivity index (χ0n) is 8.93. The number of anilines is 1. The highest BCUT2D eigenvalue weighted by atomic mass is 32.2. The second-order valence-corrected chi connectivity index (χ2v) is 4.58. The van der Waals surface area contributed by atoms with E-state index in [-0.39, 0.29) is 0 Å². The monoisotopic (exact) mass is 241 g/mol. The average Bonchev–Trinajstić information content (AvgIpc) is 2.25. The number of nitrogens with two attached hydrogens (primary N) is 1. The van der Waals surface area contributed by atoms with Gasteiger partial charge in [0, 0.05) is 25.5 Å². The molecule has 0 aromatic carbocycles. The minimum absolute atomic E-state index is 0.397. The normalized spacial score (nSPS) is 10.0. The van der Waals surface area contributed by atoms with Crippen molar-refractivity contribution in [2.45, 2.75) is 0 Å². The lowest BCUT2D eigenvalue weighted by molar-refractivity contribution is 0.945. The largest absolute Gasteiger partial charge is 0.389 e. The average molecular weight is 241 g/mol. The van der Waals surface area contributed by atoms with Gasteiger partial charge in [0.1, 0.15) is 10.8 Å². The molecule has 0 atom stereocenters. The van der Waals surface area contributed by atoms with Crippen LogP contribution in [0, 0.1) is 0 Å². The predicted octanol–water partition coefficient (Wildman–Crippen LogP) is 1.52. The Kier molecular flexibility index (Phi) is 4.84. The third-order valence-electron chi connectivity index (χ3n) is 2.04. The van der Waals surface area contributed by atoms with Gasteiger partial charge in [-0.15, -0.1) is 0 Å². The molecule has 0 saturated heterocycles. The third kappa shape index (κ3) is 3.35. The maximum absolute atomic E-state index is 5.64. The molecule has 1 aromatic rings. The molecule has 0 saturated carbocycles. The van der Waals surface area contributed by atoms with Gasteiger partial charge in [0.05, 0.1) is 5.56 Å². The Morgan fingerprint density at radius 1 is 1.67 bits per heavy atom. The van der Waals surface area contributed by atoms with E-state index in [0.717, 1.165) is 23.7 Å². The van der Waals surface area contributed by atoms with Gasteiger partial charge in [-0.25, -0.2) is 4.98 Å². The number of hydrogen-bond donors (Lipinski definition) is 1. The highest BCUT2D eigenvalue weighted by molar-refractivity contribution is 7.98. The van der Waals surface area contributed by atoms with Gasteiger partial charge < -0.3 is 10.6 Å². The molecule has 1 rings (SSSR count). The van der Waals surface area contributed by atoms with Crippen LogP contribution in [-0.2, 0) is 0 Å². The van der Waals surface area contributed by atoms with Crippen LogP contribution in [-0.4, -0.2) is 35.6 Å². The minimum Gasteiger partial charge on any atom is -0.389 e. The maximum atomic E-state index is 5.64. The number of thiocarbonyl (C=S) groups is 1. The zero-order valence-corrected chi connectivity index (χ0v) is 10.6. The predicted molar refractivity (Wildman–Crippen MR) is 71.8 cm³/mol. The molecule has 0 fully saturated rings. The van der Waals surface area contributed by atoms with Gasteiger partial charge in [0.2, 0.25) is 0 Å². The summed E-state index contributed by atoms with van der Waals surface area (Å²) in [7, 11) is 2.00. The lowest BCUT2D eigenvalue weighted by Gasteiger charge is -2.19. The van der Waals surface area contributed by atoms with Crippen LogP contribution in [0.2, 0.25) is 0 Å². The Bertz CT molecular complexity index is 341. The first kappa shape index (κ1) is 12.3. The van der Waals surface area contributed by atoms with Crippen molar-refractivity contribution >= 4 is 34.8 Å². The lowest BCUT2D eigenvalue weighted by Crippen LogP contribution is -2.25. The van der Waals surface area contributed by atoms with E-state index in [2.05, 4.69) is 16.1 Å². The van der Waals surface area contributed by atoms with Crippen LogP contribution in [0.5, 0.6) is 0 Å². The SMILES string of the molecule is CSCCN(C)c1ncccc1C(N)=S. The fourth-order valence-electron chi connectivity index (χ4n) is 1.23. The molecule has 0 aliphatic carbocycles. The standard InChI is InChI=1S/C10H15N3S2/c1-13(6-7-15-2)10-8(9(11)14)4-3-5-12-10/h3-5H,6-7H2,1-2H3,(H2,11,14). The quantitative estimate of drug-likeness (QED) is 0.792. The summed E-state index contributed by atoms with van der Waals surface area (Å²) in [6.45, 7) is 0.938. The Balaban J connectivity index is 2.87. The van der Waals surface area contributed by atoms with E-state index in [1.165, 1.54) is 0 Å². The van der Waals surface area contributed by atoms with Crippen LogP contribution < -0.4 is 10.6 Å². The summed E-state index contributed by atoms with van der Waals surface area (Å²) in [5.74, 6) is 1.92. The molecule has 0 bridgehead atoms. The first-order chi connectivity index (χ1) is 7.16. The molecular weight excluding hydrogens is 226 g/mol. The molecule has 82 valence electrons. The molecule has 0 amide bonds. The Hall–Kier alpha value is -0.810. The smallest absolute Gasteiger partial charge is 0.138 e. The fourth-order valence-corrected chi connectivity index (χ4v) is 1.84. The minimum atomic E-state index is 0.397. The van der Waals surface area contributed by atoms with Crippen molar-refractivity contribution in [3.05, 3.63) is 23.9 Å². The van der Waals surface area contributed by atoms with Crippen molar-refractivity contribution in [1.82, 2.24) is 4.98 Å². The molecule has 5 heteroatoms. The fraction of sp³-hybridized carbons (Fsp3) is 0.400. The van der Waals surface area contributed by atoms with E-state index in [1.54, 1.807) is 18.0 Å². The first-order valence-corrected chi connectivity index (χ1v) is 6.42. The maximum Gasteiger partial charge on any atom is 0.138 e. The van der Waals surface area contributed by atoms with Gasteiger partial charge in [-0.3, -0.25) is 0 Å². The van der Waals surface area contributed by atoms with Crippen LogP contribution in [0.4, 0.5) is 5.82 Å². The topological polar surface area (TPSA) is 42.2 Å². The summed E-state index contributed by atoms with van der Waals surface area (Å²) in [5.41, 5.74) is 6.48. The van der Waals surface area contributed by atoms with Gasteiger partial charge in [0.15, 0.2) is 0 Å². The lowest BCUT2D eigenvalue weighted by atomic mass is 10.2. The number of pyridine rings is 1. The molecule has 0 unspecified atom stereocenters. The van der Waals surface area contributed by atoms with E-state index in [9.17, 15) is 0 Å². The number of hydrogen-bond acceptors (Lipinski definition) is 4. The number of rotatable bonds is 5. The molecule has 2 N–H and O–H groups in total. The van der Waals surface area contributed by atoms with Crippen LogP contribution in [0.25, 0.3) is 0 Å². The van der Waals surface area contributed by atoms with Crippen LogP contribution in [0.3, 0.4) is 0 Å². The van der Waals surface area contributed by atoms with Crippen LogP contribution in [0.1, 0.15) is 5.56 Å². The number of aromatic nitrogens is 1. The molecular formula is C10H15N3S2. The summed E-state index contributed by atoms with van der Waals surface area (Å²) in [4.78, 5) is 6.77. The van der Waals surface area contributed by atoms with Crippen LogP contribution in [0.15, 0.2) is 18.3 Å². The van der Waals surface area contributed by atoms with Crippen molar-refractivity contribution in [3.63, 3.8) is 0 Å². The van der Waals surface area contributed by atoms with E-state index in [0.29, 0.717) is 4.99 Å². The third-order valence-corrected chi connectivity index (χ3v) is 2.86. The van der Waals surface area contributed by atoms with Gasteiger partial charge >= 0.3 is 0 Å². The summed E-state index contributed by atoms with van der Waals surface area (Å²) < 4.78 is 0. The molecule has 0 aliphatic rings. The molecule has 0 aliphatic heterocycles. The van der Waals surface area contributed by atoms with E-state index in [4.69, 9.17) is 18.0 Å². The number of thioether (sulfide) groups is 1. The van der Waals surface area contributed by atoms with Crippen molar-refractivity contribution < 1.29 is 0 Å². The zero-order chi connectivity index (χ0) is 11.3. The van der Waals surface area contributed by atoms with Crippen molar-refractivity contribution in [2.75, 3.05) is 30.5 Å². The van der Waals surface area contributed by atoms with E-state index >= 15 is 0 Å². The Morgan fingerprint density at radius 3 is 3.00 bits per heavy atom. The van der Waals surface area contributed by atoms with Gasteiger partial charge in [-0.1, -0.05) is 12.2 Å². The van der Waals surface area contributed by atoms with Gasteiger partial charge in [0.25, 0.3) is 0 Å². The summed E-state index contributed by atoms with van der Waals surface area (Å²) in [5, 5.41) is 0. The second-order valence-electron chi connectivity index (χ2n) is 3.15. The van der Waals surface area contributed by atoms with Crippen LogP contribution >= 0.6 is 24.0 Å². The highest BCUT2D eigenvalue weighted by Crippen LogP contribution is 2.15. The summed E-state index contributed by atoms with van der Waals surface area (Å²) in [6, 6.07) is 3.75. The Labute approximate surface area is 100 Å². The van der Waals surface area contributed by atoms with Crippen molar-refractivity contribution in [1.29, 1.82) is 0 Å². The number of nitrogens with zero attached hydrogens (tertiary/aromatic N) is 2. The molecule has 0 radical (unpaired) electrons. The van der Waals surface area contributed by atoms with Crippen molar-refractivity contribution in [2.24, 2.45) is 5.73 Å². The molecule has 0 spiro atoms. The highest BCUT2D eigenvalue weighted by Gasteiger charge is 2.09. The Morgan fingerprint density at radius 2 is 2.40 bits per heavy atom. The second kappa shape index (κ2) is 5.92. The van der Waals surface area contributed by atoms with Gasteiger partial charge in [-0.2, -0.15) is 11.8 Å². The van der Waals surface area contributed by atoms with Gasteiger partial charge in [-0.05, 0) is 18.4 Å². The first-order valence-electron chi connectivity index (χ1n) is 4.61. The molecule has 1 aromatic heterocycles. The van der Waals surface area contributed by atoms with Crippen molar-refractivity contribution in [3.8, 4) is 0 Å². The molecule has 1 heterocycles. The molecule has 15 heavy (non-hydrogen) atoms. The van der Waals surface area contributed by atoms with E-state index < -0.39 is 0 Å². The summed E-state index contributed by atoms with van der Waals surface area (Å²) >= 11 is 6.79. The van der Waals surface area contributed by atoms with E-state index in [1.807, 2.05) is 19.2 Å². The summed E-state index contributed by atoms with van der Waals surface area (Å²) in [6.07, 6.45) is 3.84.